The van der Waals surface area contributed by atoms with E-state index in [0.29, 0.717) is 33.2 Å². The molecule has 1 aromatic heterocycles. The van der Waals surface area contributed by atoms with Crippen molar-refractivity contribution in [3.8, 4) is 11.4 Å². The number of fused-ring (bicyclic) bond motifs is 1. The Morgan fingerprint density at radius 1 is 1.00 bits per heavy atom. The number of para-hydroxylation sites is 1. The average molecular weight is 433 g/mol. The van der Waals surface area contributed by atoms with E-state index in [4.69, 9.17) is 21.4 Å². The number of benzene rings is 3. The van der Waals surface area contributed by atoms with Crippen molar-refractivity contribution in [2.45, 2.75) is 0 Å². The summed E-state index contributed by atoms with van der Waals surface area (Å²) >= 11 is 6.01. The predicted molar refractivity (Wildman–Crippen MR) is 121 cm³/mol. The highest BCUT2D eigenvalue weighted by Crippen LogP contribution is 2.18. The third-order valence-electron chi connectivity index (χ3n) is 4.55. The van der Waals surface area contributed by atoms with Gasteiger partial charge >= 0.3 is 5.97 Å². The van der Waals surface area contributed by atoms with E-state index in [1.54, 1.807) is 77.4 Å². The SMILES string of the molecule is O=C(O)COc1ccc(C=Cc2nc3ccccc3c(=O)n2-c2ccc(Cl)cc2)cc1. The van der Waals surface area contributed by atoms with E-state index in [9.17, 15) is 9.59 Å². The molecule has 6 nitrogen and oxygen atoms in total. The molecular formula is C24H17ClN2O4. The van der Waals surface area contributed by atoms with Gasteiger partial charge in [0, 0.05) is 5.02 Å². The molecule has 0 radical (unpaired) electrons. The first-order chi connectivity index (χ1) is 15.0. The average Bonchev–Trinajstić information content (AvgIpc) is 2.78. The number of rotatable bonds is 6. The quantitative estimate of drug-likeness (QED) is 0.478. The highest BCUT2D eigenvalue weighted by Gasteiger charge is 2.11. The third kappa shape index (κ3) is 4.65. The highest BCUT2D eigenvalue weighted by atomic mass is 35.5. The number of halogens is 1. The first-order valence-electron chi connectivity index (χ1n) is 9.42. The third-order valence-corrected chi connectivity index (χ3v) is 4.81. The zero-order valence-corrected chi connectivity index (χ0v) is 17.0. The van der Waals surface area contributed by atoms with Crippen LogP contribution in [0, 0.1) is 0 Å². The minimum absolute atomic E-state index is 0.176. The predicted octanol–water partition coefficient (Wildman–Crippen LogP) is 4.67. The number of nitrogens with zero attached hydrogens (tertiary/aromatic N) is 2. The van der Waals surface area contributed by atoms with Crippen molar-refractivity contribution in [3.63, 3.8) is 0 Å². The van der Waals surface area contributed by atoms with Gasteiger partial charge in [-0.15, -0.1) is 0 Å². The van der Waals surface area contributed by atoms with Gasteiger partial charge in [-0.25, -0.2) is 9.78 Å². The fourth-order valence-corrected chi connectivity index (χ4v) is 3.22. The summed E-state index contributed by atoms with van der Waals surface area (Å²) in [5.74, 6) is -0.106. The molecule has 1 heterocycles. The number of carboxylic acid groups (broad SMARTS) is 1. The van der Waals surface area contributed by atoms with Gasteiger partial charge in [0.1, 0.15) is 11.6 Å². The number of carboxylic acids is 1. The molecule has 0 aliphatic rings. The molecule has 0 fully saturated rings. The van der Waals surface area contributed by atoms with Gasteiger partial charge in [0.25, 0.3) is 5.56 Å². The lowest BCUT2D eigenvalue weighted by Crippen LogP contribution is -2.22. The van der Waals surface area contributed by atoms with Gasteiger partial charge in [0.05, 0.1) is 16.6 Å². The lowest BCUT2D eigenvalue weighted by molar-refractivity contribution is -0.139. The van der Waals surface area contributed by atoms with Crippen LogP contribution in [0.5, 0.6) is 5.75 Å². The Bertz CT molecular complexity index is 1330. The Kier molecular flexibility index (Phi) is 5.82. The van der Waals surface area contributed by atoms with Gasteiger partial charge in [-0.3, -0.25) is 9.36 Å². The molecule has 0 saturated heterocycles. The summed E-state index contributed by atoms with van der Waals surface area (Å²) in [7, 11) is 0. The van der Waals surface area contributed by atoms with Crippen LogP contribution in [-0.4, -0.2) is 27.2 Å². The zero-order valence-electron chi connectivity index (χ0n) is 16.2. The maximum absolute atomic E-state index is 13.2. The minimum atomic E-state index is -1.04. The van der Waals surface area contributed by atoms with E-state index in [1.807, 2.05) is 12.1 Å². The standard InChI is InChI=1S/C24H17ClN2O4/c25-17-8-10-18(11-9-17)27-22(26-21-4-2-1-3-20(21)24(27)30)14-7-16-5-12-19(13-6-16)31-15-23(28)29/h1-14H,15H2,(H,28,29). The minimum Gasteiger partial charge on any atom is -0.482 e. The molecule has 4 aromatic rings. The van der Waals surface area contributed by atoms with Crippen molar-refractivity contribution in [1.82, 2.24) is 9.55 Å². The summed E-state index contributed by atoms with van der Waals surface area (Å²) in [6, 6.07) is 21.1. The van der Waals surface area contributed by atoms with Crippen LogP contribution in [-0.2, 0) is 4.79 Å². The molecule has 0 aliphatic heterocycles. The van der Waals surface area contributed by atoms with Gasteiger partial charge in [-0.2, -0.15) is 0 Å². The maximum Gasteiger partial charge on any atom is 0.341 e. The summed E-state index contributed by atoms with van der Waals surface area (Å²) in [6.45, 7) is -0.399. The molecule has 0 unspecified atom stereocenters. The molecule has 0 amide bonds. The fourth-order valence-electron chi connectivity index (χ4n) is 3.09. The van der Waals surface area contributed by atoms with Crippen LogP contribution < -0.4 is 10.3 Å². The van der Waals surface area contributed by atoms with Crippen molar-refractivity contribution < 1.29 is 14.6 Å². The van der Waals surface area contributed by atoms with E-state index < -0.39 is 12.6 Å². The molecule has 3 aromatic carbocycles. The fraction of sp³-hybridized carbons (Fsp3) is 0.0417. The summed E-state index contributed by atoms with van der Waals surface area (Å²) in [4.78, 5) is 28.5. The maximum atomic E-state index is 13.2. The largest absolute Gasteiger partial charge is 0.482 e. The zero-order chi connectivity index (χ0) is 21.8. The summed E-state index contributed by atoms with van der Waals surface area (Å²) in [5.41, 5.74) is 1.93. The Balaban J connectivity index is 1.74. The molecule has 1 N–H and O–H groups in total. The monoisotopic (exact) mass is 432 g/mol. The van der Waals surface area contributed by atoms with Crippen molar-refractivity contribution in [2.24, 2.45) is 0 Å². The van der Waals surface area contributed by atoms with Crippen LogP contribution in [0.15, 0.2) is 77.6 Å². The lowest BCUT2D eigenvalue weighted by Gasteiger charge is -2.11. The summed E-state index contributed by atoms with van der Waals surface area (Å²) in [6.07, 6.45) is 3.58. The number of ether oxygens (including phenoxy) is 1. The molecule has 154 valence electrons. The second-order valence-corrected chi connectivity index (χ2v) is 7.13. The van der Waals surface area contributed by atoms with Gasteiger partial charge in [0.2, 0.25) is 0 Å². The lowest BCUT2D eigenvalue weighted by atomic mass is 10.2. The smallest absolute Gasteiger partial charge is 0.341 e. The van der Waals surface area contributed by atoms with Crippen LogP contribution in [0.1, 0.15) is 11.4 Å². The molecule has 0 saturated carbocycles. The highest BCUT2D eigenvalue weighted by molar-refractivity contribution is 6.30. The van der Waals surface area contributed by atoms with Crippen molar-refractivity contribution >= 4 is 40.6 Å². The first kappa shape index (κ1) is 20.4. The number of hydrogen-bond donors (Lipinski definition) is 1. The van der Waals surface area contributed by atoms with E-state index >= 15 is 0 Å². The van der Waals surface area contributed by atoms with E-state index in [2.05, 4.69) is 4.98 Å². The Labute approximate surface area is 182 Å². The molecule has 31 heavy (non-hydrogen) atoms. The van der Waals surface area contributed by atoms with Gasteiger partial charge in [0.15, 0.2) is 6.61 Å². The second kappa shape index (κ2) is 8.85. The van der Waals surface area contributed by atoms with Crippen LogP contribution in [0.4, 0.5) is 0 Å². The van der Waals surface area contributed by atoms with Crippen LogP contribution in [0.2, 0.25) is 5.02 Å². The topological polar surface area (TPSA) is 81.4 Å². The Morgan fingerprint density at radius 3 is 2.42 bits per heavy atom. The van der Waals surface area contributed by atoms with Crippen LogP contribution in [0.3, 0.4) is 0 Å². The molecular weight excluding hydrogens is 416 g/mol. The molecule has 0 spiro atoms. The van der Waals surface area contributed by atoms with Gasteiger partial charge in [-0.05, 0) is 60.2 Å². The van der Waals surface area contributed by atoms with Crippen LogP contribution >= 0.6 is 11.6 Å². The van der Waals surface area contributed by atoms with Crippen molar-refractivity contribution in [2.75, 3.05) is 6.61 Å². The summed E-state index contributed by atoms with van der Waals surface area (Å²) in [5, 5.41) is 9.79. The summed E-state index contributed by atoms with van der Waals surface area (Å²) < 4.78 is 6.68. The van der Waals surface area contributed by atoms with Gasteiger partial charge < -0.3 is 9.84 Å². The number of carbonyl (C=O) groups is 1. The van der Waals surface area contributed by atoms with Crippen molar-refractivity contribution in [1.29, 1.82) is 0 Å². The van der Waals surface area contributed by atoms with E-state index in [1.165, 1.54) is 0 Å². The van der Waals surface area contributed by atoms with E-state index in [0.717, 1.165) is 5.56 Å². The van der Waals surface area contributed by atoms with E-state index in [-0.39, 0.29) is 5.56 Å². The molecule has 0 bridgehead atoms. The molecule has 7 heteroatoms. The number of hydrogen-bond acceptors (Lipinski definition) is 4. The van der Waals surface area contributed by atoms with Gasteiger partial charge in [-0.1, -0.05) is 41.9 Å². The molecule has 4 rings (SSSR count). The normalized spacial score (nSPS) is 11.1. The van der Waals surface area contributed by atoms with Crippen molar-refractivity contribution in [3.05, 3.63) is 99.6 Å². The Hall–Kier alpha value is -3.90. The number of aliphatic carboxylic acids is 1. The molecule has 0 aliphatic carbocycles. The second-order valence-electron chi connectivity index (χ2n) is 6.69. The first-order valence-corrected chi connectivity index (χ1v) is 9.79. The Morgan fingerprint density at radius 2 is 1.71 bits per heavy atom. The molecule has 0 atom stereocenters. The number of aromatic nitrogens is 2. The van der Waals surface area contributed by atoms with Crippen LogP contribution in [0.25, 0.3) is 28.7 Å².